The first-order valence-corrected chi connectivity index (χ1v) is 5.26. The first-order chi connectivity index (χ1) is 6.64. The Hall–Kier alpha value is -1.05. The van der Waals surface area contributed by atoms with E-state index < -0.39 is 0 Å². The van der Waals surface area contributed by atoms with Crippen LogP contribution in [0.3, 0.4) is 0 Å². The summed E-state index contributed by atoms with van der Waals surface area (Å²) < 4.78 is 0. The van der Waals surface area contributed by atoms with E-state index in [0.717, 1.165) is 6.42 Å². The lowest BCUT2D eigenvalue weighted by molar-refractivity contribution is -0.145. The van der Waals surface area contributed by atoms with Gasteiger partial charge in [0.2, 0.25) is 5.91 Å². The molecule has 1 heterocycles. The number of likely N-dealkylation sites (tertiary alicyclic amines) is 1. The molecule has 1 aliphatic heterocycles. The van der Waals surface area contributed by atoms with Gasteiger partial charge < -0.3 is 4.90 Å². The van der Waals surface area contributed by atoms with Gasteiger partial charge in [-0.05, 0) is 13.3 Å². The number of carbonyl (C=O) groups excluding carboxylic acids is 1. The Morgan fingerprint density at radius 1 is 1.64 bits per heavy atom. The summed E-state index contributed by atoms with van der Waals surface area (Å²) in [5, 5.41) is 0. The van der Waals surface area contributed by atoms with Crippen molar-refractivity contribution in [2.75, 3.05) is 0 Å². The fraction of sp³-hybridized carbons (Fsp3) is 0.583. The summed E-state index contributed by atoms with van der Waals surface area (Å²) in [6.45, 7) is 7.95. The van der Waals surface area contributed by atoms with Gasteiger partial charge in [-0.25, -0.2) is 0 Å². The molecule has 0 aliphatic carbocycles. The number of allylic oxidation sites excluding steroid dienone is 1. The maximum absolute atomic E-state index is 11.3. The van der Waals surface area contributed by atoms with Gasteiger partial charge in [0, 0.05) is 6.20 Å². The molecule has 2 heteroatoms. The van der Waals surface area contributed by atoms with Crippen molar-refractivity contribution < 1.29 is 4.79 Å². The van der Waals surface area contributed by atoms with Crippen LogP contribution in [-0.2, 0) is 4.79 Å². The van der Waals surface area contributed by atoms with E-state index in [1.54, 1.807) is 4.90 Å². The Morgan fingerprint density at radius 3 is 2.86 bits per heavy atom. The maximum atomic E-state index is 11.3. The Labute approximate surface area is 86.3 Å². The van der Waals surface area contributed by atoms with Crippen molar-refractivity contribution >= 4 is 5.91 Å². The molecule has 1 atom stereocenters. The summed E-state index contributed by atoms with van der Waals surface area (Å²) in [6, 6.07) is 0. The molecule has 0 spiro atoms. The molecule has 0 radical (unpaired) electrons. The molecule has 0 saturated carbocycles. The third kappa shape index (κ3) is 2.06. The standard InChI is InChI=1S/C12H19NO/c1-4-6-7-8-9-13-11(14)10-12(13,3)5-2/h5,8-9H,2,4,6-7,10H2,1,3H3/b9-8+. The van der Waals surface area contributed by atoms with Crippen molar-refractivity contribution in [3.63, 3.8) is 0 Å². The summed E-state index contributed by atoms with van der Waals surface area (Å²) in [5.74, 6) is 0.195. The lowest BCUT2D eigenvalue weighted by Crippen LogP contribution is -2.57. The predicted octanol–water partition coefficient (Wildman–Crippen LogP) is 2.87. The highest BCUT2D eigenvalue weighted by atomic mass is 16.2. The van der Waals surface area contributed by atoms with Gasteiger partial charge >= 0.3 is 0 Å². The fourth-order valence-corrected chi connectivity index (χ4v) is 1.60. The molecule has 2 nitrogen and oxygen atoms in total. The molecular formula is C12H19NO. The fourth-order valence-electron chi connectivity index (χ4n) is 1.60. The highest BCUT2D eigenvalue weighted by Crippen LogP contribution is 2.32. The molecule has 1 saturated heterocycles. The lowest BCUT2D eigenvalue weighted by Gasteiger charge is -2.46. The lowest BCUT2D eigenvalue weighted by atomic mass is 9.86. The number of hydrogen-bond donors (Lipinski definition) is 0. The monoisotopic (exact) mass is 193 g/mol. The van der Waals surface area contributed by atoms with E-state index in [1.165, 1.54) is 12.8 Å². The Balaban J connectivity index is 2.46. The van der Waals surface area contributed by atoms with Crippen LogP contribution >= 0.6 is 0 Å². The third-order valence-corrected chi connectivity index (χ3v) is 2.75. The topological polar surface area (TPSA) is 20.3 Å². The van der Waals surface area contributed by atoms with E-state index in [-0.39, 0.29) is 11.4 Å². The number of nitrogens with zero attached hydrogens (tertiary/aromatic N) is 1. The van der Waals surface area contributed by atoms with E-state index in [0.29, 0.717) is 6.42 Å². The summed E-state index contributed by atoms with van der Waals surface area (Å²) in [7, 11) is 0. The number of rotatable bonds is 5. The van der Waals surface area contributed by atoms with Crippen LogP contribution in [0, 0.1) is 0 Å². The van der Waals surface area contributed by atoms with E-state index in [9.17, 15) is 4.79 Å². The summed E-state index contributed by atoms with van der Waals surface area (Å²) in [6.07, 6.45) is 9.84. The zero-order chi connectivity index (χ0) is 10.6. The first kappa shape index (κ1) is 11.0. The molecule has 14 heavy (non-hydrogen) atoms. The van der Waals surface area contributed by atoms with Crippen molar-refractivity contribution in [1.29, 1.82) is 0 Å². The second kappa shape index (κ2) is 4.45. The number of β-lactam (4-membered cyclic amide) rings is 1. The van der Waals surface area contributed by atoms with Gasteiger partial charge in [0.25, 0.3) is 0 Å². The molecule has 1 aliphatic rings. The average Bonchev–Trinajstić information content (AvgIpc) is 2.17. The van der Waals surface area contributed by atoms with Gasteiger partial charge in [-0.1, -0.05) is 31.9 Å². The van der Waals surface area contributed by atoms with Crippen molar-refractivity contribution in [3.8, 4) is 0 Å². The molecule has 1 fully saturated rings. The molecular weight excluding hydrogens is 174 g/mol. The number of carbonyl (C=O) groups is 1. The maximum Gasteiger partial charge on any atom is 0.229 e. The Bertz CT molecular complexity index is 257. The van der Waals surface area contributed by atoms with Crippen LogP contribution in [-0.4, -0.2) is 16.3 Å². The number of unbranched alkanes of at least 4 members (excludes halogenated alkanes) is 2. The molecule has 1 unspecified atom stereocenters. The van der Waals surface area contributed by atoms with Crippen molar-refractivity contribution in [2.45, 2.75) is 45.1 Å². The largest absolute Gasteiger partial charge is 0.309 e. The van der Waals surface area contributed by atoms with Gasteiger partial charge in [-0.3, -0.25) is 4.79 Å². The SMILES string of the molecule is C=CC1(C)CC(=O)N1/C=C/CCCC. The molecule has 0 N–H and O–H groups in total. The van der Waals surface area contributed by atoms with Crippen molar-refractivity contribution in [1.82, 2.24) is 4.90 Å². The molecule has 0 bridgehead atoms. The zero-order valence-electron chi connectivity index (χ0n) is 9.12. The van der Waals surface area contributed by atoms with Crippen molar-refractivity contribution in [2.24, 2.45) is 0 Å². The zero-order valence-corrected chi connectivity index (χ0v) is 9.12. The number of amides is 1. The third-order valence-electron chi connectivity index (χ3n) is 2.75. The second-order valence-corrected chi connectivity index (χ2v) is 4.03. The normalized spacial score (nSPS) is 26.7. The second-order valence-electron chi connectivity index (χ2n) is 4.03. The quantitative estimate of drug-likeness (QED) is 0.373. The Kier molecular flexibility index (Phi) is 3.50. The van der Waals surface area contributed by atoms with Crippen LogP contribution < -0.4 is 0 Å². The minimum absolute atomic E-state index is 0.139. The van der Waals surface area contributed by atoms with E-state index in [1.807, 2.05) is 19.2 Å². The van der Waals surface area contributed by atoms with E-state index in [4.69, 9.17) is 0 Å². The van der Waals surface area contributed by atoms with Crippen LogP contribution in [0.4, 0.5) is 0 Å². The average molecular weight is 193 g/mol. The van der Waals surface area contributed by atoms with Gasteiger partial charge in [0.05, 0.1) is 12.0 Å². The Morgan fingerprint density at radius 2 is 2.36 bits per heavy atom. The highest BCUT2D eigenvalue weighted by molar-refractivity contribution is 5.86. The van der Waals surface area contributed by atoms with Gasteiger partial charge in [0.15, 0.2) is 0 Å². The molecule has 0 aromatic rings. The smallest absolute Gasteiger partial charge is 0.229 e. The minimum Gasteiger partial charge on any atom is -0.309 e. The van der Waals surface area contributed by atoms with Crippen LogP contribution in [0.15, 0.2) is 24.9 Å². The summed E-state index contributed by atoms with van der Waals surface area (Å²) in [4.78, 5) is 13.1. The molecule has 78 valence electrons. The minimum atomic E-state index is -0.139. The van der Waals surface area contributed by atoms with E-state index in [2.05, 4.69) is 19.6 Å². The van der Waals surface area contributed by atoms with Crippen LogP contribution in [0.2, 0.25) is 0 Å². The van der Waals surface area contributed by atoms with Gasteiger partial charge in [0.1, 0.15) is 0 Å². The molecule has 1 amide bonds. The van der Waals surface area contributed by atoms with Crippen LogP contribution in [0.1, 0.15) is 39.5 Å². The first-order valence-electron chi connectivity index (χ1n) is 5.26. The predicted molar refractivity (Wildman–Crippen MR) is 58.7 cm³/mol. The van der Waals surface area contributed by atoms with Crippen LogP contribution in [0.25, 0.3) is 0 Å². The molecule has 1 rings (SSSR count). The molecule has 0 aromatic carbocycles. The summed E-state index contributed by atoms with van der Waals surface area (Å²) in [5.41, 5.74) is -0.139. The molecule has 0 aromatic heterocycles. The van der Waals surface area contributed by atoms with Crippen LogP contribution in [0.5, 0.6) is 0 Å². The van der Waals surface area contributed by atoms with Crippen molar-refractivity contribution in [3.05, 3.63) is 24.9 Å². The number of hydrogen-bond acceptors (Lipinski definition) is 1. The highest BCUT2D eigenvalue weighted by Gasteiger charge is 2.43. The summed E-state index contributed by atoms with van der Waals surface area (Å²) >= 11 is 0. The van der Waals surface area contributed by atoms with E-state index >= 15 is 0 Å². The van der Waals surface area contributed by atoms with Gasteiger partial charge in [-0.2, -0.15) is 0 Å². The van der Waals surface area contributed by atoms with Gasteiger partial charge in [-0.15, -0.1) is 6.58 Å².